The van der Waals surface area contributed by atoms with E-state index in [9.17, 15) is 4.79 Å². The predicted octanol–water partition coefficient (Wildman–Crippen LogP) is 5.38. The second kappa shape index (κ2) is 9.94. The highest BCUT2D eigenvalue weighted by molar-refractivity contribution is 5.97. The van der Waals surface area contributed by atoms with Gasteiger partial charge in [0, 0.05) is 24.4 Å². The van der Waals surface area contributed by atoms with Gasteiger partial charge in [-0.05, 0) is 50.5 Å². The van der Waals surface area contributed by atoms with E-state index in [0.29, 0.717) is 17.8 Å². The molecular formula is C25H34N4O2. The van der Waals surface area contributed by atoms with Gasteiger partial charge in [0.05, 0.1) is 23.6 Å². The van der Waals surface area contributed by atoms with E-state index in [4.69, 9.17) is 4.74 Å². The molecule has 6 heteroatoms. The number of carbonyl (C=O) groups is 1. The molecule has 1 saturated heterocycles. The van der Waals surface area contributed by atoms with Crippen molar-refractivity contribution in [3.63, 3.8) is 0 Å². The minimum absolute atomic E-state index is 0.00975. The number of carbonyl (C=O) groups excluding carboxylic acids is 1. The van der Waals surface area contributed by atoms with E-state index in [1.807, 2.05) is 42.2 Å². The Hall–Kier alpha value is -2.89. The number of ether oxygens (including phenoxy) is 1. The molecule has 0 aliphatic carbocycles. The lowest BCUT2D eigenvalue weighted by Gasteiger charge is -2.35. The van der Waals surface area contributed by atoms with Crippen molar-refractivity contribution in [2.75, 3.05) is 13.1 Å². The van der Waals surface area contributed by atoms with Gasteiger partial charge in [0.1, 0.15) is 11.5 Å². The van der Waals surface area contributed by atoms with E-state index in [1.54, 1.807) is 12.4 Å². The number of aromatic nitrogens is 3. The van der Waals surface area contributed by atoms with Crippen LogP contribution < -0.4 is 0 Å². The summed E-state index contributed by atoms with van der Waals surface area (Å²) in [6.07, 6.45) is 10.3. The topological polar surface area (TPSA) is 60.2 Å². The Morgan fingerprint density at radius 3 is 2.58 bits per heavy atom. The summed E-state index contributed by atoms with van der Waals surface area (Å²) < 4.78 is 6.42. The van der Waals surface area contributed by atoms with Crippen LogP contribution in [0.4, 0.5) is 0 Å². The van der Waals surface area contributed by atoms with Crippen molar-refractivity contribution in [1.82, 2.24) is 19.9 Å². The number of benzene rings is 1. The lowest BCUT2D eigenvalue weighted by molar-refractivity contribution is 0.0649. The first-order chi connectivity index (χ1) is 14.8. The summed E-state index contributed by atoms with van der Waals surface area (Å²) in [4.78, 5) is 16.9. The predicted molar refractivity (Wildman–Crippen MR) is 123 cm³/mol. The Bertz CT molecular complexity index is 939. The maximum absolute atomic E-state index is 13.5. The molecule has 2 heterocycles. The lowest BCUT2D eigenvalue weighted by Crippen LogP contribution is -2.41. The molecular weight excluding hydrogens is 388 g/mol. The average molecular weight is 423 g/mol. The smallest absolute Gasteiger partial charge is 0.256 e. The summed E-state index contributed by atoms with van der Waals surface area (Å²) in [6.45, 7) is 12.0. The normalized spacial score (nSPS) is 18.2. The second-order valence-electron chi connectivity index (χ2n) is 8.95. The highest BCUT2D eigenvalue weighted by atomic mass is 16.5. The van der Waals surface area contributed by atoms with Crippen molar-refractivity contribution in [1.29, 1.82) is 0 Å². The van der Waals surface area contributed by atoms with Gasteiger partial charge in [0.15, 0.2) is 0 Å². The Labute approximate surface area is 185 Å². The molecule has 1 aromatic carbocycles. The fourth-order valence-electron chi connectivity index (χ4n) is 4.00. The molecule has 3 rings (SSSR count). The molecule has 1 amide bonds. The van der Waals surface area contributed by atoms with Crippen molar-refractivity contribution in [2.45, 2.75) is 53.9 Å². The van der Waals surface area contributed by atoms with E-state index >= 15 is 0 Å². The van der Waals surface area contributed by atoms with Gasteiger partial charge in [-0.25, -0.2) is 0 Å². The van der Waals surface area contributed by atoms with Crippen molar-refractivity contribution in [2.24, 2.45) is 11.3 Å². The fraction of sp³-hybridized carbons (Fsp3) is 0.480. The summed E-state index contributed by atoms with van der Waals surface area (Å²) in [6, 6.07) is 7.51. The van der Waals surface area contributed by atoms with Gasteiger partial charge in [0.25, 0.3) is 5.91 Å². The lowest BCUT2D eigenvalue weighted by atomic mass is 9.92. The van der Waals surface area contributed by atoms with Crippen molar-refractivity contribution >= 4 is 5.91 Å². The Kier molecular flexibility index (Phi) is 7.31. The highest BCUT2D eigenvalue weighted by Crippen LogP contribution is 2.33. The third-order valence-corrected chi connectivity index (χ3v) is 5.51. The van der Waals surface area contributed by atoms with Crippen molar-refractivity contribution < 1.29 is 9.53 Å². The minimum Gasteiger partial charge on any atom is -0.466 e. The first-order valence-corrected chi connectivity index (χ1v) is 11.1. The van der Waals surface area contributed by atoms with Gasteiger partial charge < -0.3 is 9.64 Å². The van der Waals surface area contributed by atoms with Crippen molar-refractivity contribution in [3.05, 3.63) is 65.9 Å². The van der Waals surface area contributed by atoms with Gasteiger partial charge in [0.2, 0.25) is 0 Å². The Balaban J connectivity index is 1.81. The summed E-state index contributed by atoms with van der Waals surface area (Å²) in [5.41, 5.74) is 1.25. The van der Waals surface area contributed by atoms with Gasteiger partial charge in [-0.3, -0.25) is 4.79 Å². The molecule has 6 nitrogen and oxygen atoms in total. The Morgan fingerprint density at radius 2 is 1.94 bits per heavy atom. The number of amides is 1. The third kappa shape index (κ3) is 5.43. The van der Waals surface area contributed by atoms with Crippen LogP contribution in [0, 0.1) is 11.3 Å². The zero-order chi connectivity index (χ0) is 22.4. The molecule has 1 aliphatic rings. The molecule has 0 spiro atoms. The molecule has 166 valence electrons. The van der Waals surface area contributed by atoms with Gasteiger partial charge in [-0.2, -0.15) is 15.0 Å². The summed E-state index contributed by atoms with van der Waals surface area (Å²) >= 11 is 0. The van der Waals surface area contributed by atoms with E-state index in [1.165, 1.54) is 4.80 Å². The van der Waals surface area contributed by atoms with Crippen LogP contribution in [0.15, 0.2) is 60.3 Å². The molecule has 1 aliphatic heterocycles. The molecule has 2 aromatic rings. The number of hydrogen-bond acceptors (Lipinski definition) is 4. The molecule has 31 heavy (non-hydrogen) atoms. The number of para-hydroxylation sites is 1. The number of rotatable bonds is 6. The van der Waals surface area contributed by atoms with Crippen LogP contribution in [0.2, 0.25) is 0 Å². The minimum atomic E-state index is -0.0680. The largest absolute Gasteiger partial charge is 0.466 e. The van der Waals surface area contributed by atoms with Crippen LogP contribution in [-0.2, 0) is 4.74 Å². The van der Waals surface area contributed by atoms with E-state index in [2.05, 4.69) is 44.0 Å². The van der Waals surface area contributed by atoms with Crippen LogP contribution in [0.5, 0.6) is 0 Å². The zero-order valence-electron chi connectivity index (χ0n) is 19.3. The molecule has 0 radical (unpaired) electrons. The SMILES string of the molecule is C/C=C(\O/C(=C/CC)C1CCCN(C(=O)c2ccccc2-n2nccn2)C1)C(C)(C)C. The summed E-state index contributed by atoms with van der Waals surface area (Å²) in [5, 5.41) is 8.41. The van der Waals surface area contributed by atoms with Crippen LogP contribution >= 0.6 is 0 Å². The van der Waals surface area contributed by atoms with E-state index < -0.39 is 0 Å². The second-order valence-corrected chi connectivity index (χ2v) is 8.95. The van der Waals surface area contributed by atoms with E-state index in [-0.39, 0.29) is 17.2 Å². The van der Waals surface area contributed by atoms with Gasteiger partial charge >= 0.3 is 0 Å². The number of hydrogen-bond donors (Lipinski definition) is 0. The van der Waals surface area contributed by atoms with Crippen LogP contribution in [0.3, 0.4) is 0 Å². The van der Waals surface area contributed by atoms with Crippen LogP contribution in [0.1, 0.15) is 64.2 Å². The standard InChI is InChI=1S/C25H34N4O2/c1-6-11-22(31-23(7-2)25(3,4)5)19-12-10-17-28(18-19)24(30)20-13-8-9-14-21(20)29-26-15-16-27-29/h7-9,11,13-16,19H,6,10,12,17-18H2,1-5H3/b22-11+,23-7-. The molecule has 0 N–H and O–H groups in total. The van der Waals surface area contributed by atoms with Gasteiger partial charge in [-0.15, -0.1) is 0 Å². The monoisotopic (exact) mass is 422 g/mol. The fourth-order valence-corrected chi connectivity index (χ4v) is 4.00. The number of allylic oxidation sites excluding steroid dienone is 3. The quantitative estimate of drug-likeness (QED) is 0.587. The first kappa shape index (κ1) is 22.8. The van der Waals surface area contributed by atoms with Crippen molar-refractivity contribution in [3.8, 4) is 5.69 Å². The summed E-state index contributed by atoms with van der Waals surface area (Å²) in [5.74, 6) is 2.14. The highest BCUT2D eigenvalue weighted by Gasteiger charge is 2.30. The Morgan fingerprint density at radius 1 is 1.23 bits per heavy atom. The third-order valence-electron chi connectivity index (χ3n) is 5.51. The van der Waals surface area contributed by atoms with Crippen LogP contribution in [0.25, 0.3) is 5.69 Å². The maximum atomic E-state index is 13.5. The summed E-state index contributed by atoms with van der Waals surface area (Å²) in [7, 11) is 0. The number of nitrogens with zero attached hydrogens (tertiary/aromatic N) is 4. The van der Waals surface area contributed by atoms with Gasteiger partial charge in [-0.1, -0.05) is 39.8 Å². The molecule has 1 atom stereocenters. The van der Waals surface area contributed by atoms with E-state index in [0.717, 1.165) is 37.3 Å². The number of likely N-dealkylation sites (tertiary alicyclic amines) is 1. The number of piperidine rings is 1. The zero-order valence-corrected chi connectivity index (χ0v) is 19.3. The average Bonchev–Trinajstić information content (AvgIpc) is 3.30. The molecule has 0 bridgehead atoms. The maximum Gasteiger partial charge on any atom is 0.256 e. The first-order valence-electron chi connectivity index (χ1n) is 11.1. The molecule has 1 unspecified atom stereocenters. The molecule has 0 saturated carbocycles. The molecule has 1 aromatic heterocycles. The van der Waals surface area contributed by atoms with Crippen LogP contribution in [-0.4, -0.2) is 38.9 Å². The molecule has 1 fully saturated rings.